The molecule has 9 heteroatoms. The van der Waals surface area contributed by atoms with E-state index in [1.54, 1.807) is 53.9 Å². The summed E-state index contributed by atoms with van der Waals surface area (Å²) in [6, 6.07) is 18.9. The Morgan fingerprint density at radius 1 is 1.09 bits per heavy atom. The Labute approximate surface area is 210 Å². The maximum Gasteiger partial charge on any atom is 0.345 e. The fourth-order valence-electron chi connectivity index (χ4n) is 3.44. The number of carboxylic acid groups (broad SMARTS) is 1. The lowest BCUT2D eigenvalue weighted by Crippen LogP contribution is -2.02. The maximum absolute atomic E-state index is 12.5. The minimum absolute atomic E-state index is 0.180. The van der Waals surface area contributed by atoms with Gasteiger partial charge in [0.05, 0.1) is 22.4 Å². The van der Waals surface area contributed by atoms with Crippen molar-refractivity contribution >= 4 is 55.9 Å². The smallest absolute Gasteiger partial charge is 0.345 e. The van der Waals surface area contributed by atoms with Gasteiger partial charge in [-0.3, -0.25) is 0 Å². The van der Waals surface area contributed by atoms with E-state index >= 15 is 0 Å². The standard InChI is InChI=1S/C26H13BrN2O5S/c27-18-5-7-23-16(9-18)11-20(26(32)34-23)21-13-35-24(29-21)17(12-28)10-19-6-8-22(33-19)14-1-3-15(4-2-14)25(30)31/h1-11,13H,(H,30,31). The van der Waals surface area contributed by atoms with Gasteiger partial charge >= 0.3 is 11.6 Å². The highest BCUT2D eigenvalue weighted by Gasteiger charge is 2.15. The van der Waals surface area contributed by atoms with Gasteiger partial charge in [-0.1, -0.05) is 28.1 Å². The van der Waals surface area contributed by atoms with Crippen LogP contribution >= 0.6 is 27.3 Å². The van der Waals surface area contributed by atoms with Gasteiger partial charge in [0.1, 0.15) is 28.2 Å². The molecule has 0 aliphatic heterocycles. The number of nitriles is 1. The van der Waals surface area contributed by atoms with Crippen LogP contribution < -0.4 is 5.63 Å². The molecule has 2 aromatic carbocycles. The highest BCUT2D eigenvalue weighted by Crippen LogP contribution is 2.30. The molecule has 3 aromatic heterocycles. The van der Waals surface area contributed by atoms with Crippen LogP contribution in [0.5, 0.6) is 0 Å². The molecule has 0 aliphatic rings. The quantitative estimate of drug-likeness (QED) is 0.193. The van der Waals surface area contributed by atoms with Crippen molar-refractivity contribution < 1.29 is 18.7 Å². The first-order valence-corrected chi connectivity index (χ1v) is 11.8. The van der Waals surface area contributed by atoms with Gasteiger partial charge in [0.15, 0.2) is 0 Å². The van der Waals surface area contributed by atoms with Gasteiger partial charge in [0.25, 0.3) is 0 Å². The van der Waals surface area contributed by atoms with Crippen molar-refractivity contribution in [2.45, 2.75) is 0 Å². The van der Waals surface area contributed by atoms with Crippen molar-refractivity contribution in [1.29, 1.82) is 5.26 Å². The zero-order valence-corrected chi connectivity index (χ0v) is 20.1. The van der Waals surface area contributed by atoms with Crippen LogP contribution in [0.15, 0.2) is 84.1 Å². The molecular weight excluding hydrogens is 532 g/mol. The van der Waals surface area contributed by atoms with Gasteiger partial charge in [-0.15, -0.1) is 11.3 Å². The van der Waals surface area contributed by atoms with Crippen molar-refractivity contribution in [2.75, 3.05) is 0 Å². The summed E-state index contributed by atoms with van der Waals surface area (Å²) in [6.45, 7) is 0. The van der Waals surface area contributed by atoms with Crippen LogP contribution in [0.1, 0.15) is 21.1 Å². The highest BCUT2D eigenvalue weighted by molar-refractivity contribution is 9.10. The predicted octanol–water partition coefficient (Wildman–Crippen LogP) is 6.70. The normalized spacial score (nSPS) is 11.5. The van der Waals surface area contributed by atoms with Gasteiger partial charge in [0, 0.05) is 26.9 Å². The first kappa shape index (κ1) is 22.5. The number of hydrogen-bond acceptors (Lipinski definition) is 7. The Kier molecular flexibility index (Phi) is 5.91. The highest BCUT2D eigenvalue weighted by atomic mass is 79.9. The Morgan fingerprint density at radius 3 is 2.63 bits per heavy atom. The largest absolute Gasteiger partial charge is 0.478 e. The Bertz CT molecular complexity index is 1720. The van der Waals surface area contributed by atoms with Crippen LogP contribution in [-0.4, -0.2) is 16.1 Å². The van der Waals surface area contributed by atoms with E-state index in [0.29, 0.717) is 38.9 Å². The minimum Gasteiger partial charge on any atom is -0.478 e. The molecule has 7 nitrogen and oxygen atoms in total. The molecule has 1 N–H and O–H groups in total. The molecule has 0 saturated heterocycles. The first-order valence-electron chi connectivity index (χ1n) is 10.2. The fourth-order valence-corrected chi connectivity index (χ4v) is 4.61. The number of thiazole rings is 1. The summed E-state index contributed by atoms with van der Waals surface area (Å²) >= 11 is 4.64. The molecular formula is C26H13BrN2O5S. The summed E-state index contributed by atoms with van der Waals surface area (Å²) in [7, 11) is 0. The third kappa shape index (κ3) is 4.57. The van der Waals surface area contributed by atoms with E-state index in [1.165, 1.54) is 23.5 Å². The van der Waals surface area contributed by atoms with Crippen LogP contribution in [0.2, 0.25) is 0 Å². The summed E-state index contributed by atoms with van der Waals surface area (Å²) in [5.74, 6) is -0.0358. The molecule has 3 heterocycles. The van der Waals surface area contributed by atoms with E-state index in [9.17, 15) is 14.9 Å². The monoisotopic (exact) mass is 544 g/mol. The lowest BCUT2D eigenvalue weighted by molar-refractivity contribution is 0.0697. The number of nitrogens with zero attached hydrogens (tertiary/aromatic N) is 2. The van der Waals surface area contributed by atoms with E-state index in [2.05, 4.69) is 27.0 Å². The molecule has 0 radical (unpaired) electrons. The van der Waals surface area contributed by atoms with Crippen LogP contribution in [0.4, 0.5) is 0 Å². The number of hydrogen-bond donors (Lipinski definition) is 1. The summed E-state index contributed by atoms with van der Waals surface area (Å²) in [5, 5.41) is 21.6. The number of allylic oxidation sites excluding steroid dienone is 1. The maximum atomic E-state index is 12.5. The van der Waals surface area contributed by atoms with E-state index < -0.39 is 11.6 Å². The Balaban J connectivity index is 1.45. The summed E-state index contributed by atoms with van der Waals surface area (Å²) in [6.07, 6.45) is 1.57. The number of furan rings is 1. The number of carboxylic acids is 1. The average Bonchev–Trinajstić information content (AvgIpc) is 3.52. The second-order valence-corrected chi connectivity index (χ2v) is 9.20. The van der Waals surface area contributed by atoms with E-state index in [4.69, 9.17) is 13.9 Å². The zero-order valence-electron chi connectivity index (χ0n) is 17.7. The minimum atomic E-state index is -1.00. The van der Waals surface area contributed by atoms with Gasteiger partial charge in [-0.05, 0) is 48.5 Å². The van der Waals surface area contributed by atoms with Crippen LogP contribution in [0, 0.1) is 11.3 Å². The predicted molar refractivity (Wildman–Crippen MR) is 136 cm³/mol. The van der Waals surface area contributed by atoms with E-state index in [1.807, 2.05) is 6.07 Å². The first-order chi connectivity index (χ1) is 16.9. The Morgan fingerprint density at radius 2 is 1.89 bits per heavy atom. The van der Waals surface area contributed by atoms with Crippen molar-refractivity contribution in [3.05, 3.63) is 97.3 Å². The van der Waals surface area contributed by atoms with Crippen LogP contribution in [0.25, 0.3) is 45.2 Å². The van der Waals surface area contributed by atoms with Crippen molar-refractivity contribution in [2.24, 2.45) is 0 Å². The number of aromatic carboxylic acids is 1. The summed E-state index contributed by atoms with van der Waals surface area (Å²) in [5.41, 5.74) is 1.85. The zero-order chi connectivity index (χ0) is 24.5. The molecule has 0 amide bonds. The lowest BCUT2D eigenvalue weighted by Gasteiger charge is -2.00. The third-order valence-corrected chi connectivity index (χ3v) is 6.52. The second kappa shape index (κ2) is 9.18. The number of halogens is 1. The molecule has 0 atom stereocenters. The molecule has 170 valence electrons. The third-order valence-electron chi connectivity index (χ3n) is 5.15. The average molecular weight is 545 g/mol. The van der Waals surface area contributed by atoms with Crippen LogP contribution in [0.3, 0.4) is 0 Å². The molecule has 0 fully saturated rings. The molecule has 5 rings (SSSR count). The fraction of sp³-hybridized carbons (Fsp3) is 0. The summed E-state index contributed by atoms with van der Waals surface area (Å²) in [4.78, 5) is 28.0. The van der Waals surface area contributed by atoms with Crippen molar-refractivity contribution in [3.8, 4) is 28.7 Å². The van der Waals surface area contributed by atoms with E-state index in [0.717, 1.165) is 9.86 Å². The molecule has 5 aromatic rings. The molecule has 0 spiro atoms. The summed E-state index contributed by atoms with van der Waals surface area (Å²) < 4.78 is 12.1. The SMILES string of the molecule is N#CC(=Cc1ccc(-c2ccc(C(=O)O)cc2)o1)c1nc(-c2cc3cc(Br)ccc3oc2=O)cs1. The van der Waals surface area contributed by atoms with Gasteiger partial charge in [-0.25, -0.2) is 14.6 Å². The number of carbonyl (C=O) groups is 1. The topological polar surface area (TPSA) is 117 Å². The number of benzene rings is 2. The van der Waals surface area contributed by atoms with Gasteiger partial charge in [-0.2, -0.15) is 5.26 Å². The van der Waals surface area contributed by atoms with Crippen molar-refractivity contribution in [1.82, 2.24) is 4.98 Å². The van der Waals surface area contributed by atoms with Gasteiger partial charge in [0.2, 0.25) is 0 Å². The molecule has 35 heavy (non-hydrogen) atoms. The Hall–Kier alpha value is -4.26. The molecule has 0 bridgehead atoms. The van der Waals surface area contributed by atoms with Crippen molar-refractivity contribution in [3.63, 3.8) is 0 Å². The van der Waals surface area contributed by atoms with Crippen LogP contribution in [-0.2, 0) is 0 Å². The number of rotatable bonds is 5. The van der Waals surface area contributed by atoms with E-state index in [-0.39, 0.29) is 11.1 Å². The molecule has 0 saturated carbocycles. The molecule has 0 aliphatic carbocycles. The number of fused-ring (bicyclic) bond motifs is 1. The number of aromatic nitrogens is 1. The van der Waals surface area contributed by atoms with Gasteiger partial charge < -0.3 is 13.9 Å². The second-order valence-electron chi connectivity index (χ2n) is 7.42. The molecule has 0 unspecified atom stereocenters. The lowest BCUT2D eigenvalue weighted by atomic mass is 10.1.